The first-order valence-corrected chi connectivity index (χ1v) is 6.69. The van der Waals surface area contributed by atoms with E-state index in [0.717, 1.165) is 18.4 Å². The van der Waals surface area contributed by atoms with E-state index in [1.807, 2.05) is 19.1 Å². The van der Waals surface area contributed by atoms with E-state index >= 15 is 0 Å². The summed E-state index contributed by atoms with van der Waals surface area (Å²) < 4.78 is 0. The molecular weight excluding hydrogens is 224 g/mol. The predicted octanol–water partition coefficient (Wildman–Crippen LogP) is 3.03. The van der Waals surface area contributed by atoms with E-state index < -0.39 is 0 Å². The lowest BCUT2D eigenvalue weighted by Gasteiger charge is -2.34. The highest BCUT2D eigenvalue weighted by atomic mass is 16.1. The number of anilines is 1. The number of hydrogen-bond acceptors (Lipinski definition) is 2. The Morgan fingerprint density at radius 2 is 1.94 bits per heavy atom. The Morgan fingerprint density at radius 3 is 2.56 bits per heavy atom. The first-order valence-electron chi connectivity index (χ1n) is 6.69. The highest BCUT2D eigenvalue weighted by Crippen LogP contribution is 2.28. The molecule has 0 aromatic heterocycles. The van der Waals surface area contributed by atoms with Gasteiger partial charge in [0.2, 0.25) is 0 Å². The summed E-state index contributed by atoms with van der Waals surface area (Å²) in [5.41, 5.74) is 8.14. The summed E-state index contributed by atoms with van der Waals surface area (Å²) in [7, 11) is 0. The van der Waals surface area contributed by atoms with Gasteiger partial charge in [-0.2, -0.15) is 0 Å². The zero-order valence-electron chi connectivity index (χ0n) is 11.3. The minimum atomic E-state index is -0.0466. The molecular formula is C15H22N2O. The molecule has 0 heterocycles. The SMILES string of the molecule is Cc1ccc(C(=O)NC2(C)CCCCC2)cc1N. The van der Waals surface area contributed by atoms with Crippen molar-refractivity contribution in [3.05, 3.63) is 29.3 Å². The Kier molecular flexibility index (Phi) is 3.60. The van der Waals surface area contributed by atoms with E-state index in [1.165, 1.54) is 19.3 Å². The predicted molar refractivity (Wildman–Crippen MR) is 74.5 cm³/mol. The largest absolute Gasteiger partial charge is 0.398 e. The second kappa shape index (κ2) is 5.01. The molecule has 0 spiro atoms. The number of carbonyl (C=O) groups is 1. The summed E-state index contributed by atoms with van der Waals surface area (Å²) in [6, 6.07) is 5.50. The van der Waals surface area contributed by atoms with E-state index in [1.54, 1.807) is 6.07 Å². The molecule has 3 heteroatoms. The van der Waals surface area contributed by atoms with E-state index in [0.29, 0.717) is 11.3 Å². The van der Waals surface area contributed by atoms with Crippen LogP contribution in [0.15, 0.2) is 18.2 Å². The van der Waals surface area contributed by atoms with Gasteiger partial charge in [-0.25, -0.2) is 0 Å². The summed E-state index contributed by atoms with van der Waals surface area (Å²) in [4.78, 5) is 12.2. The summed E-state index contributed by atoms with van der Waals surface area (Å²) in [6.45, 7) is 4.08. The van der Waals surface area contributed by atoms with Crippen LogP contribution in [0.5, 0.6) is 0 Å². The molecule has 0 aliphatic heterocycles. The molecule has 1 saturated carbocycles. The van der Waals surface area contributed by atoms with Crippen LogP contribution in [0.1, 0.15) is 54.9 Å². The Morgan fingerprint density at radius 1 is 1.28 bits per heavy atom. The minimum Gasteiger partial charge on any atom is -0.398 e. The number of amides is 1. The third kappa shape index (κ3) is 2.84. The molecule has 18 heavy (non-hydrogen) atoms. The van der Waals surface area contributed by atoms with Gasteiger partial charge in [0, 0.05) is 16.8 Å². The fraction of sp³-hybridized carbons (Fsp3) is 0.533. The summed E-state index contributed by atoms with van der Waals surface area (Å²) in [6.07, 6.45) is 5.82. The average molecular weight is 246 g/mol. The van der Waals surface area contributed by atoms with Crippen molar-refractivity contribution in [1.29, 1.82) is 0 Å². The van der Waals surface area contributed by atoms with Crippen LogP contribution in [0.3, 0.4) is 0 Å². The van der Waals surface area contributed by atoms with E-state index in [2.05, 4.69) is 12.2 Å². The van der Waals surface area contributed by atoms with Crippen LogP contribution in [-0.2, 0) is 0 Å². The summed E-state index contributed by atoms with van der Waals surface area (Å²) >= 11 is 0. The maximum absolute atomic E-state index is 12.2. The molecule has 1 aromatic rings. The van der Waals surface area contributed by atoms with E-state index in [-0.39, 0.29) is 11.4 Å². The maximum atomic E-state index is 12.2. The van der Waals surface area contributed by atoms with E-state index in [9.17, 15) is 4.79 Å². The van der Waals surface area contributed by atoms with Crippen LogP contribution in [0.2, 0.25) is 0 Å². The molecule has 0 atom stereocenters. The number of benzene rings is 1. The van der Waals surface area contributed by atoms with Crippen molar-refractivity contribution < 1.29 is 4.79 Å². The van der Waals surface area contributed by atoms with Gasteiger partial charge in [0.1, 0.15) is 0 Å². The van der Waals surface area contributed by atoms with Gasteiger partial charge in [0.25, 0.3) is 5.91 Å². The van der Waals surface area contributed by atoms with Crippen LogP contribution in [0, 0.1) is 6.92 Å². The number of hydrogen-bond donors (Lipinski definition) is 2. The molecule has 1 amide bonds. The van der Waals surface area contributed by atoms with Gasteiger partial charge in [0.05, 0.1) is 0 Å². The second-order valence-electron chi connectivity index (χ2n) is 5.65. The van der Waals surface area contributed by atoms with Crippen molar-refractivity contribution in [3.8, 4) is 0 Å². The number of nitrogens with one attached hydrogen (secondary N) is 1. The quantitative estimate of drug-likeness (QED) is 0.788. The number of aryl methyl sites for hydroxylation is 1. The van der Waals surface area contributed by atoms with Crippen LogP contribution in [-0.4, -0.2) is 11.4 Å². The molecule has 0 unspecified atom stereocenters. The molecule has 1 aliphatic rings. The Hall–Kier alpha value is -1.51. The monoisotopic (exact) mass is 246 g/mol. The highest BCUT2D eigenvalue weighted by molar-refractivity contribution is 5.95. The number of nitrogens with two attached hydrogens (primary N) is 1. The second-order valence-corrected chi connectivity index (χ2v) is 5.65. The minimum absolute atomic E-state index is 0.00824. The standard InChI is InChI=1S/C15H22N2O/c1-11-6-7-12(10-13(11)16)14(18)17-15(2)8-4-3-5-9-15/h6-7,10H,3-5,8-9,16H2,1-2H3,(H,17,18). The third-order valence-electron chi connectivity index (χ3n) is 3.91. The fourth-order valence-electron chi connectivity index (χ4n) is 2.59. The van der Waals surface area contributed by atoms with Crippen molar-refractivity contribution in [3.63, 3.8) is 0 Å². The van der Waals surface area contributed by atoms with Crippen molar-refractivity contribution in [2.75, 3.05) is 5.73 Å². The molecule has 0 radical (unpaired) electrons. The molecule has 98 valence electrons. The van der Waals surface area contributed by atoms with Gasteiger partial charge in [-0.05, 0) is 44.4 Å². The number of carbonyl (C=O) groups excluding carboxylic acids is 1. The normalized spacial score (nSPS) is 18.3. The van der Waals surface area contributed by atoms with Crippen LogP contribution < -0.4 is 11.1 Å². The molecule has 1 aliphatic carbocycles. The van der Waals surface area contributed by atoms with Gasteiger partial charge in [0.15, 0.2) is 0 Å². The van der Waals surface area contributed by atoms with Crippen molar-refractivity contribution >= 4 is 11.6 Å². The Bertz CT molecular complexity index is 448. The zero-order chi connectivity index (χ0) is 13.2. The smallest absolute Gasteiger partial charge is 0.251 e. The van der Waals surface area contributed by atoms with Crippen LogP contribution in [0.25, 0.3) is 0 Å². The maximum Gasteiger partial charge on any atom is 0.251 e. The molecule has 3 nitrogen and oxygen atoms in total. The van der Waals surface area contributed by atoms with Crippen molar-refractivity contribution in [1.82, 2.24) is 5.32 Å². The lowest BCUT2D eigenvalue weighted by Crippen LogP contribution is -2.47. The van der Waals surface area contributed by atoms with Gasteiger partial charge < -0.3 is 11.1 Å². The summed E-state index contributed by atoms with van der Waals surface area (Å²) in [5.74, 6) is -0.00824. The van der Waals surface area contributed by atoms with Crippen molar-refractivity contribution in [2.45, 2.75) is 51.5 Å². The lowest BCUT2D eigenvalue weighted by molar-refractivity contribution is 0.0883. The van der Waals surface area contributed by atoms with Gasteiger partial charge in [-0.15, -0.1) is 0 Å². The number of nitrogen functional groups attached to an aromatic ring is 1. The Labute approximate surface area is 109 Å². The average Bonchev–Trinajstić information content (AvgIpc) is 2.33. The fourth-order valence-corrected chi connectivity index (χ4v) is 2.59. The third-order valence-corrected chi connectivity index (χ3v) is 3.91. The lowest BCUT2D eigenvalue weighted by atomic mass is 9.83. The molecule has 0 saturated heterocycles. The first kappa shape index (κ1) is 12.9. The topological polar surface area (TPSA) is 55.1 Å². The van der Waals surface area contributed by atoms with Gasteiger partial charge in [-0.1, -0.05) is 25.3 Å². The Balaban J connectivity index is 2.09. The van der Waals surface area contributed by atoms with Crippen molar-refractivity contribution in [2.24, 2.45) is 0 Å². The summed E-state index contributed by atoms with van der Waals surface area (Å²) in [5, 5.41) is 3.16. The zero-order valence-corrected chi connectivity index (χ0v) is 11.3. The van der Waals surface area contributed by atoms with Crippen LogP contribution >= 0.6 is 0 Å². The van der Waals surface area contributed by atoms with E-state index in [4.69, 9.17) is 5.73 Å². The first-order chi connectivity index (χ1) is 8.50. The molecule has 3 N–H and O–H groups in total. The number of rotatable bonds is 2. The van der Waals surface area contributed by atoms with Crippen LogP contribution in [0.4, 0.5) is 5.69 Å². The van der Waals surface area contributed by atoms with Gasteiger partial charge >= 0.3 is 0 Å². The van der Waals surface area contributed by atoms with Gasteiger partial charge in [-0.3, -0.25) is 4.79 Å². The molecule has 1 aromatic carbocycles. The highest BCUT2D eigenvalue weighted by Gasteiger charge is 2.28. The molecule has 0 bridgehead atoms. The molecule has 2 rings (SSSR count). The molecule has 1 fully saturated rings.